The number of amides is 2. The van der Waals surface area contributed by atoms with Crippen LogP contribution in [0.5, 0.6) is 5.75 Å². The number of carbonyl (C=O) groups excluding carboxylic acids is 2. The van der Waals surface area contributed by atoms with Crippen molar-refractivity contribution in [2.24, 2.45) is 0 Å². The third-order valence-corrected chi connectivity index (χ3v) is 5.00. The predicted molar refractivity (Wildman–Crippen MR) is 110 cm³/mol. The standard InChI is InChI=1S/C22H19ClN2O3/c23-17-8-9-20-19(12-17)25(22(27)14-28-20)13-21(26)24-11-10-16-6-3-5-15-4-1-2-7-18(15)16/h1-9,12H,10-11,13-14H2,(H,24,26). The van der Waals surface area contributed by atoms with Crippen molar-refractivity contribution in [1.82, 2.24) is 5.32 Å². The minimum atomic E-state index is -0.265. The normalized spacial score (nSPS) is 13.2. The lowest BCUT2D eigenvalue weighted by Crippen LogP contribution is -2.45. The first-order valence-electron chi connectivity index (χ1n) is 9.08. The summed E-state index contributed by atoms with van der Waals surface area (Å²) < 4.78 is 5.40. The molecule has 6 heteroatoms. The first kappa shape index (κ1) is 18.3. The second kappa shape index (κ2) is 7.90. The van der Waals surface area contributed by atoms with Gasteiger partial charge in [-0.25, -0.2) is 0 Å². The van der Waals surface area contributed by atoms with E-state index in [9.17, 15) is 9.59 Å². The molecule has 1 N–H and O–H groups in total. The Morgan fingerprint density at radius 3 is 2.82 bits per heavy atom. The lowest BCUT2D eigenvalue weighted by Gasteiger charge is -2.29. The Hall–Kier alpha value is -3.05. The first-order chi connectivity index (χ1) is 13.6. The van der Waals surface area contributed by atoms with E-state index in [-0.39, 0.29) is 25.0 Å². The van der Waals surface area contributed by atoms with Crippen LogP contribution in [0.3, 0.4) is 0 Å². The molecule has 0 unspecified atom stereocenters. The lowest BCUT2D eigenvalue weighted by atomic mass is 10.0. The van der Waals surface area contributed by atoms with E-state index in [0.717, 1.165) is 0 Å². The summed E-state index contributed by atoms with van der Waals surface area (Å²) in [5.41, 5.74) is 1.70. The van der Waals surface area contributed by atoms with Gasteiger partial charge in [0.25, 0.3) is 5.91 Å². The zero-order chi connectivity index (χ0) is 19.5. The minimum absolute atomic E-state index is 0.0644. The average molecular weight is 395 g/mol. The van der Waals surface area contributed by atoms with E-state index in [1.54, 1.807) is 18.2 Å². The van der Waals surface area contributed by atoms with Crippen molar-refractivity contribution >= 4 is 39.9 Å². The molecule has 0 atom stereocenters. The van der Waals surface area contributed by atoms with Crippen molar-refractivity contribution in [1.29, 1.82) is 0 Å². The molecule has 4 rings (SSSR count). The number of ether oxygens (including phenoxy) is 1. The van der Waals surface area contributed by atoms with Crippen LogP contribution in [0.2, 0.25) is 5.02 Å². The predicted octanol–water partition coefficient (Wildman–Crippen LogP) is 3.58. The summed E-state index contributed by atoms with van der Waals surface area (Å²) in [5.74, 6) is 0.0629. The molecule has 0 saturated carbocycles. The van der Waals surface area contributed by atoms with Gasteiger partial charge >= 0.3 is 0 Å². The Balaban J connectivity index is 1.40. The van der Waals surface area contributed by atoms with Gasteiger partial charge in [0.15, 0.2) is 6.61 Å². The molecule has 5 nitrogen and oxygen atoms in total. The fourth-order valence-corrected chi connectivity index (χ4v) is 3.56. The van der Waals surface area contributed by atoms with Gasteiger partial charge in [-0.2, -0.15) is 0 Å². The number of hydrogen-bond acceptors (Lipinski definition) is 3. The van der Waals surface area contributed by atoms with Crippen LogP contribution in [0, 0.1) is 0 Å². The fraction of sp³-hybridized carbons (Fsp3) is 0.182. The molecule has 142 valence electrons. The molecular formula is C22H19ClN2O3. The van der Waals surface area contributed by atoms with Gasteiger partial charge in [-0.05, 0) is 41.0 Å². The third kappa shape index (κ3) is 3.80. The number of nitrogens with one attached hydrogen (secondary N) is 1. The zero-order valence-corrected chi connectivity index (χ0v) is 15.9. The zero-order valence-electron chi connectivity index (χ0n) is 15.2. The van der Waals surface area contributed by atoms with Crippen molar-refractivity contribution in [3.05, 3.63) is 71.2 Å². The maximum atomic E-state index is 12.4. The monoisotopic (exact) mass is 394 g/mol. The van der Waals surface area contributed by atoms with Crippen LogP contribution in [0.15, 0.2) is 60.7 Å². The summed E-state index contributed by atoms with van der Waals surface area (Å²) in [6.45, 7) is 0.344. The fourth-order valence-electron chi connectivity index (χ4n) is 3.40. The van der Waals surface area contributed by atoms with Crippen LogP contribution in [0.25, 0.3) is 10.8 Å². The second-order valence-electron chi connectivity index (χ2n) is 6.62. The van der Waals surface area contributed by atoms with Gasteiger partial charge in [0, 0.05) is 11.6 Å². The van der Waals surface area contributed by atoms with E-state index in [1.807, 2.05) is 18.2 Å². The van der Waals surface area contributed by atoms with Crippen LogP contribution in [0.4, 0.5) is 5.69 Å². The molecular weight excluding hydrogens is 376 g/mol. The number of anilines is 1. The smallest absolute Gasteiger partial charge is 0.265 e. The van der Waals surface area contributed by atoms with E-state index < -0.39 is 0 Å². The van der Waals surface area contributed by atoms with Crippen LogP contribution >= 0.6 is 11.6 Å². The Labute approximate surface area is 167 Å². The second-order valence-corrected chi connectivity index (χ2v) is 7.06. The summed E-state index contributed by atoms with van der Waals surface area (Å²) in [6, 6.07) is 19.4. The van der Waals surface area contributed by atoms with Gasteiger partial charge in [-0.15, -0.1) is 0 Å². The molecule has 2 amide bonds. The maximum Gasteiger partial charge on any atom is 0.265 e. The number of halogens is 1. The Morgan fingerprint density at radius 2 is 1.93 bits per heavy atom. The van der Waals surface area contributed by atoms with Gasteiger partial charge in [-0.3, -0.25) is 14.5 Å². The molecule has 0 aliphatic carbocycles. The minimum Gasteiger partial charge on any atom is -0.482 e. The number of hydrogen-bond donors (Lipinski definition) is 1. The van der Waals surface area contributed by atoms with Crippen molar-refractivity contribution in [3.8, 4) is 5.75 Å². The molecule has 0 spiro atoms. The molecule has 1 heterocycles. The van der Waals surface area contributed by atoms with Crippen molar-refractivity contribution in [2.75, 3.05) is 24.6 Å². The molecule has 1 aliphatic rings. The molecule has 3 aromatic carbocycles. The van der Waals surface area contributed by atoms with E-state index in [2.05, 4.69) is 29.6 Å². The summed E-state index contributed by atoms with van der Waals surface area (Å²) in [6.07, 6.45) is 0.715. The van der Waals surface area contributed by atoms with Crippen molar-refractivity contribution in [2.45, 2.75) is 6.42 Å². The van der Waals surface area contributed by atoms with Crippen LogP contribution in [0.1, 0.15) is 5.56 Å². The number of benzene rings is 3. The summed E-state index contributed by atoms with van der Waals surface area (Å²) in [4.78, 5) is 26.1. The number of carbonyl (C=O) groups is 2. The molecule has 1 aliphatic heterocycles. The van der Waals surface area contributed by atoms with E-state index in [1.165, 1.54) is 21.2 Å². The molecule has 0 fully saturated rings. The van der Waals surface area contributed by atoms with E-state index in [0.29, 0.717) is 29.4 Å². The van der Waals surface area contributed by atoms with Crippen LogP contribution in [-0.4, -0.2) is 31.5 Å². The van der Waals surface area contributed by atoms with Crippen LogP contribution in [-0.2, 0) is 16.0 Å². The number of nitrogens with zero attached hydrogens (tertiary/aromatic N) is 1. The van der Waals surface area contributed by atoms with Gasteiger partial charge in [0.05, 0.1) is 5.69 Å². The van der Waals surface area contributed by atoms with E-state index >= 15 is 0 Å². The highest BCUT2D eigenvalue weighted by atomic mass is 35.5. The molecule has 3 aromatic rings. The number of fused-ring (bicyclic) bond motifs is 2. The lowest BCUT2D eigenvalue weighted by molar-refractivity contribution is -0.125. The van der Waals surface area contributed by atoms with Gasteiger partial charge < -0.3 is 10.1 Å². The molecule has 0 bridgehead atoms. The van der Waals surface area contributed by atoms with Gasteiger partial charge in [0.2, 0.25) is 5.91 Å². The molecule has 28 heavy (non-hydrogen) atoms. The highest BCUT2D eigenvalue weighted by Gasteiger charge is 2.27. The average Bonchev–Trinajstić information content (AvgIpc) is 2.70. The Morgan fingerprint density at radius 1 is 1.11 bits per heavy atom. The van der Waals surface area contributed by atoms with Crippen molar-refractivity contribution in [3.63, 3.8) is 0 Å². The molecule has 0 aromatic heterocycles. The molecule has 0 saturated heterocycles. The summed E-state index contributed by atoms with van der Waals surface area (Å²) >= 11 is 6.03. The highest BCUT2D eigenvalue weighted by Crippen LogP contribution is 2.34. The van der Waals surface area contributed by atoms with Gasteiger partial charge in [-0.1, -0.05) is 54.1 Å². The third-order valence-electron chi connectivity index (χ3n) is 4.76. The Kier molecular flexibility index (Phi) is 5.17. The molecule has 0 radical (unpaired) electrons. The SMILES string of the molecule is O=C(CN1C(=O)COc2ccc(Cl)cc21)NCCc1cccc2ccccc12. The van der Waals surface area contributed by atoms with Crippen molar-refractivity contribution < 1.29 is 14.3 Å². The Bertz CT molecular complexity index is 1050. The number of rotatable bonds is 5. The quantitative estimate of drug-likeness (QED) is 0.719. The first-order valence-corrected chi connectivity index (χ1v) is 9.46. The largest absolute Gasteiger partial charge is 0.482 e. The van der Waals surface area contributed by atoms with E-state index in [4.69, 9.17) is 16.3 Å². The van der Waals surface area contributed by atoms with Gasteiger partial charge in [0.1, 0.15) is 12.3 Å². The summed E-state index contributed by atoms with van der Waals surface area (Å²) in [5, 5.41) is 5.75. The highest BCUT2D eigenvalue weighted by molar-refractivity contribution is 6.31. The summed E-state index contributed by atoms with van der Waals surface area (Å²) in [7, 11) is 0. The maximum absolute atomic E-state index is 12.4. The topological polar surface area (TPSA) is 58.6 Å². The van der Waals surface area contributed by atoms with Crippen LogP contribution < -0.4 is 15.0 Å².